The Morgan fingerprint density at radius 1 is 0.946 bits per heavy atom. The first-order valence-corrected chi connectivity index (χ1v) is 14.1. The molecule has 0 aliphatic carbocycles. The molecule has 3 aromatic carbocycles. The van der Waals surface area contributed by atoms with Crippen molar-refractivity contribution in [3.05, 3.63) is 86.9 Å². The van der Waals surface area contributed by atoms with E-state index in [1.807, 2.05) is 32.9 Å². The van der Waals surface area contributed by atoms with E-state index in [9.17, 15) is 13.2 Å². The van der Waals surface area contributed by atoms with Crippen LogP contribution < -0.4 is 14.4 Å². The number of halogens is 2. The molecule has 0 fully saturated rings. The van der Waals surface area contributed by atoms with Gasteiger partial charge in [0.15, 0.2) is 0 Å². The number of rotatable bonds is 9. The van der Waals surface area contributed by atoms with Crippen molar-refractivity contribution in [2.45, 2.75) is 51.5 Å². The van der Waals surface area contributed by atoms with Crippen molar-refractivity contribution in [2.24, 2.45) is 0 Å². The maximum atomic E-state index is 13.6. The summed E-state index contributed by atoms with van der Waals surface area (Å²) in [6, 6.07) is 14.5. The second kappa shape index (κ2) is 11.8. The standard InChI is InChI=1S/C28H32Cl2N2O4S/c1-17(2)23-15-24(19(4)13-27(23)36-6)20(5)31-28(33)16-32(21-9-12-25(29)26(30)14-21)37(34,35)22-10-7-18(3)8-11-22/h7-15,17,20H,16H2,1-6H3,(H,31,33)/t20-/m0/s1. The van der Waals surface area contributed by atoms with Crippen molar-refractivity contribution in [1.82, 2.24) is 5.32 Å². The van der Waals surface area contributed by atoms with Crippen molar-refractivity contribution in [1.29, 1.82) is 0 Å². The molecular weight excluding hydrogens is 531 g/mol. The molecule has 0 aliphatic heterocycles. The zero-order valence-corrected chi connectivity index (χ0v) is 24.1. The Bertz CT molecular complexity index is 1390. The fourth-order valence-corrected chi connectivity index (χ4v) is 5.80. The van der Waals surface area contributed by atoms with Crippen LogP contribution in [0.1, 0.15) is 55.0 Å². The number of anilines is 1. The predicted octanol–water partition coefficient (Wildman–Crippen LogP) is 6.81. The summed E-state index contributed by atoms with van der Waals surface area (Å²) in [5.41, 5.74) is 4.08. The van der Waals surface area contributed by atoms with Crippen LogP contribution in [-0.4, -0.2) is 28.0 Å². The number of hydrogen-bond donors (Lipinski definition) is 1. The number of sulfonamides is 1. The number of hydrogen-bond acceptors (Lipinski definition) is 4. The van der Waals surface area contributed by atoms with Crippen molar-refractivity contribution < 1.29 is 17.9 Å². The first kappa shape index (κ1) is 28.8. The maximum absolute atomic E-state index is 13.6. The summed E-state index contributed by atoms with van der Waals surface area (Å²) in [5, 5.41) is 3.43. The highest BCUT2D eigenvalue weighted by Crippen LogP contribution is 2.33. The van der Waals surface area contributed by atoms with Crippen LogP contribution in [0.15, 0.2) is 59.5 Å². The van der Waals surface area contributed by atoms with Crippen molar-refractivity contribution in [3.63, 3.8) is 0 Å². The van der Waals surface area contributed by atoms with E-state index < -0.39 is 22.5 Å². The molecule has 37 heavy (non-hydrogen) atoms. The summed E-state index contributed by atoms with van der Waals surface area (Å²) in [5.74, 6) is 0.558. The highest BCUT2D eigenvalue weighted by molar-refractivity contribution is 7.92. The predicted molar refractivity (Wildman–Crippen MR) is 151 cm³/mol. The van der Waals surface area contributed by atoms with E-state index in [0.717, 1.165) is 32.3 Å². The number of nitrogens with zero attached hydrogens (tertiary/aromatic N) is 1. The summed E-state index contributed by atoms with van der Waals surface area (Å²) >= 11 is 12.3. The van der Waals surface area contributed by atoms with E-state index >= 15 is 0 Å². The fraction of sp³-hybridized carbons (Fsp3) is 0.321. The number of amides is 1. The van der Waals surface area contributed by atoms with Gasteiger partial charge >= 0.3 is 0 Å². The molecule has 198 valence electrons. The van der Waals surface area contributed by atoms with E-state index in [1.54, 1.807) is 19.2 Å². The molecule has 1 atom stereocenters. The van der Waals surface area contributed by atoms with Crippen LogP contribution in [0.2, 0.25) is 10.0 Å². The molecule has 0 aromatic heterocycles. The normalized spacial score (nSPS) is 12.4. The van der Waals surface area contributed by atoms with Crippen LogP contribution in [0.3, 0.4) is 0 Å². The van der Waals surface area contributed by atoms with Crippen molar-refractivity contribution in [3.8, 4) is 5.75 Å². The van der Waals surface area contributed by atoms with E-state index in [4.69, 9.17) is 27.9 Å². The number of carbonyl (C=O) groups is 1. The van der Waals surface area contributed by atoms with Crippen LogP contribution >= 0.6 is 23.2 Å². The molecule has 3 aromatic rings. The number of ether oxygens (including phenoxy) is 1. The molecule has 9 heteroatoms. The molecule has 0 bridgehead atoms. The third-order valence-electron chi connectivity index (χ3n) is 6.17. The average Bonchev–Trinajstić information content (AvgIpc) is 2.84. The Morgan fingerprint density at radius 2 is 1.59 bits per heavy atom. The Hall–Kier alpha value is -2.74. The summed E-state index contributed by atoms with van der Waals surface area (Å²) < 4.78 is 33.8. The molecule has 0 spiro atoms. The van der Waals surface area contributed by atoms with Gasteiger partial charge in [-0.2, -0.15) is 0 Å². The zero-order valence-electron chi connectivity index (χ0n) is 21.8. The summed E-state index contributed by atoms with van der Waals surface area (Å²) in [4.78, 5) is 13.3. The highest BCUT2D eigenvalue weighted by atomic mass is 35.5. The molecule has 0 radical (unpaired) electrons. The van der Waals surface area contributed by atoms with Crippen LogP contribution in [0.5, 0.6) is 5.75 Å². The van der Waals surface area contributed by atoms with Crippen molar-refractivity contribution in [2.75, 3.05) is 18.0 Å². The molecular formula is C28H32Cl2N2O4S. The SMILES string of the molecule is COc1cc(C)c([C@H](C)NC(=O)CN(c2ccc(Cl)c(Cl)c2)S(=O)(=O)c2ccc(C)cc2)cc1C(C)C. The van der Waals surface area contributed by atoms with Gasteiger partial charge in [-0.25, -0.2) is 8.42 Å². The lowest BCUT2D eigenvalue weighted by atomic mass is 9.93. The molecule has 0 unspecified atom stereocenters. The molecule has 3 rings (SSSR count). The Kier molecular flexibility index (Phi) is 9.16. The zero-order chi connectivity index (χ0) is 27.5. The van der Waals surface area contributed by atoms with Crippen LogP contribution in [0.4, 0.5) is 5.69 Å². The summed E-state index contributed by atoms with van der Waals surface area (Å²) in [6.45, 7) is 9.40. The molecule has 0 saturated carbocycles. The number of nitrogens with one attached hydrogen (secondary N) is 1. The minimum atomic E-state index is -4.08. The van der Waals surface area contributed by atoms with Gasteiger partial charge in [0, 0.05) is 0 Å². The minimum absolute atomic E-state index is 0.0672. The number of aryl methyl sites for hydroxylation is 2. The van der Waals surface area contributed by atoms with Gasteiger partial charge in [0.05, 0.1) is 33.8 Å². The second-order valence-electron chi connectivity index (χ2n) is 9.32. The molecule has 0 saturated heterocycles. The smallest absolute Gasteiger partial charge is 0.264 e. The van der Waals surface area contributed by atoms with E-state index in [2.05, 4.69) is 19.2 Å². The largest absolute Gasteiger partial charge is 0.496 e. The van der Waals surface area contributed by atoms with Gasteiger partial charge in [-0.15, -0.1) is 0 Å². The number of carbonyl (C=O) groups excluding carboxylic acids is 1. The number of methoxy groups -OCH3 is 1. The lowest BCUT2D eigenvalue weighted by Gasteiger charge is -2.26. The highest BCUT2D eigenvalue weighted by Gasteiger charge is 2.28. The second-order valence-corrected chi connectivity index (χ2v) is 12.0. The fourth-order valence-electron chi connectivity index (χ4n) is 4.10. The van der Waals surface area contributed by atoms with Gasteiger partial charge in [0.25, 0.3) is 10.0 Å². The average molecular weight is 564 g/mol. The van der Waals surface area contributed by atoms with Gasteiger partial charge in [0.1, 0.15) is 12.3 Å². The maximum Gasteiger partial charge on any atom is 0.264 e. The molecule has 6 nitrogen and oxygen atoms in total. The van der Waals surface area contributed by atoms with E-state index in [0.29, 0.717) is 0 Å². The summed E-state index contributed by atoms with van der Waals surface area (Å²) in [6.07, 6.45) is 0. The van der Waals surface area contributed by atoms with Gasteiger partial charge < -0.3 is 10.1 Å². The Labute approximate surface area is 229 Å². The van der Waals surface area contributed by atoms with Gasteiger partial charge in [0.2, 0.25) is 5.91 Å². The molecule has 0 heterocycles. The Balaban J connectivity index is 1.94. The van der Waals surface area contributed by atoms with Crippen LogP contribution in [0, 0.1) is 13.8 Å². The molecule has 0 aliphatic rings. The topological polar surface area (TPSA) is 75.7 Å². The third-order valence-corrected chi connectivity index (χ3v) is 8.70. The Morgan fingerprint density at radius 3 is 2.16 bits per heavy atom. The minimum Gasteiger partial charge on any atom is -0.496 e. The van der Waals surface area contributed by atoms with Gasteiger partial charge in [-0.05, 0) is 85.8 Å². The first-order valence-electron chi connectivity index (χ1n) is 11.9. The first-order chi connectivity index (χ1) is 17.3. The van der Waals surface area contributed by atoms with Gasteiger partial charge in [-0.1, -0.05) is 54.7 Å². The van der Waals surface area contributed by atoms with E-state index in [-0.39, 0.29) is 32.6 Å². The molecule has 1 N–H and O–H groups in total. The number of benzene rings is 3. The summed E-state index contributed by atoms with van der Waals surface area (Å²) in [7, 11) is -2.44. The van der Waals surface area contributed by atoms with E-state index in [1.165, 1.54) is 30.3 Å². The van der Waals surface area contributed by atoms with Crippen molar-refractivity contribution >= 4 is 44.8 Å². The quantitative estimate of drug-likeness (QED) is 0.310. The lowest BCUT2D eigenvalue weighted by Crippen LogP contribution is -2.41. The van der Waals surface area contributed by atoms with Crippen LogP contribution in [0.25, 0.3) is 0 Å². The van der Waals surface area contributed by atoms with Crippen LogP contribution in [-0.2, 0) is 14.8 Å². The van der Waals surface area contributed by atoms with Gasteiger partial charge in [-0.3, -0.25) is 9.10 Å². The molecule has 1 amide bonds. The third kappa shape index (κ3) is 6.58. The monoisotopic (exact) mass is 562 g/mol. The lowest BCUT2D eigenvalue weighted by molar-refractivity contribution is -0.120.